The summed E-state index contributed by atoms with van der Waals surface area (Å²) in [4.78, 5) is 31.4. The Labute approximate surface area is 154 Å². The minimum atomic E-state index is -1.12. The molecular formula is C18H21N2O3S2-. The Morgan fingerprint density at radius 1 is 1.28 bits per heavy atom. The molecule has 4 rings (SSSR count). The third kappa shape index (κ3) is 3.01. The highest BCUT2D eigenvalue weighted by Gasteiger charge is 2.27. The molecule has 2 aliphatic carbocycles. The van der Waals surface area contributed by atoms with Gasteiger partial charge in [0, 0.05) is 16.2 Å². The topological polar surface area (TPSA) is 75.0 Å². The Balaban J connectivity index is 1.89. The molecule has 2 aromatic heterocycles. The van der Waals surface area contributed by atoms with Crippen molar-refractivity contribution in [1.82, 2.24) is 9.55 Å². The van der Waals surface area contributed by atoms with Crippen LogP contribution in [0.4, 0.5) is 0 Å². The second-order valence-electron chi connectivity index (χ2n) is 6.98. The van der Waals surface area contributed by atoms with Crippen LogP contribution in [0.3, 0.4) is 0 Å². The summed E-state index contributed by atoms with van der Waals surface area (Å²) in [6.45, 7) is 1.59. The van der Waals surface area contributed by atoms with Gasteiger partial charge in [-0.2, -0.15) is 0 Å². The molecule has 1 atom stereocenters. The molecule has 0 bridgehead atoms. The third-order valence-electron chi connectivity index (χ3n) is 5.29. The van der Waals surface area contributed by atoms with Crippen molar-refractivity contribution in [1.29, 1.82) is 0 Å². The molecule has 0 spiro atoms. The fraction of sp³-hybridized carbons (Fsp3) is 0.611. The maximum atomic E-state index is 13.4. The highest BCUT2D eigenvalue weighted by molar-refractivity contribution is 8.00. The summed E-state index contributed by atoms with van der Waals surface area (Å²) in [6, 6.07) is 0.131. The van der Waals surface area contributed by atoms with E-state index in [-0.39, 0.29) is 11.6 Å². The molecule has 0 radical (unpaired) electrons. The summed E-state index contributed by atoms with van der Waals surface area (Å²) >= 11 is 2.74. The second kappa shape index (κ2) is 6.76. The van der Waals surface area contributed by atoms with Gasteiger partial charge in [0.1, 0.15) is 4.83 Å². The number of carboxylic acids is 1. The maximum Gasteiger partial charge on any atom is 0.263 e. The summed E-state index contributed by atoms with van der Waals surface area (Å²) in [5.41, 5.74) is 1.22. The van der Waals surface area contributed by atoms with E-state index < -0.39 is 11.2 Å². The Kier molecular flexibility index (Phi) is 4.62. The molecule has 0 aliphatic heterocycles. The van der Waals surface area contributed by atoms with Crippen LogP contribution < -0.4 is 10.7 Å². The second-order valence-corrected chi connectivity index (χ2v) is 9.37. The highest BCUT2D eigenvalue weighted by atomic mass is 32.2. The van der Waals surface area contributed by atoms with Crippen LogP contribution in [0.1, 0.15) is 61.9 Å². The molecule has 1 saturated carbocycles. The van der Waals surface area contributed by atoms with Crippen LogP contribution in [0.15, 0.2) is 9.95 Å². The fourth-order valence-electron chi connectivity index (χ4n) is 3.99. The molecule has 7 heteroatoms. The summed E-state index contributed by atoms with van der Waals surface area (Å²) in [6.07, 6.45) is 8.44. The standard InChI is InChI=1S/C18H22N2O3S2/c1-10(17(22)23)24-18-19-15-14(12-8-5-9-13(12)25-15)16(21)20(18)11-6-3-2-4-7-11/h10-11H,2-9H2,1H3,(H,22,23)/p-1/t10-/m1/s1. The lowest BCUT2D eigenvalue weighted by molar-refractivity contribution is -0.304. The van der Waals surface area contributed by atoms with Gasteiger partial charge in [0.15, 0.2) is 5.16 Å². The maximum absolute atomic E-state index is 13.4. The average Bonchev–Trinajstić information content (AvgIpc) is 3.16. The molecule has 0 N–H and O–H groups in total. The molecule has 0 amide bonds. The average molecular weight is 378 g/mol. The van der Waals surface area contributed by atoms with Crippen molar-refractivity contribution in [2.45, 2.75) is 74.7 Å². The van der Waals surface area contributed by atoms with E-state index in [1.807, 2.05) is 0 Å². The van der Waals surface area contributed by atoms with Crippen molar-refractivity contribution in [3.63, 3.8) is 0 Å². The lowest BCUT2D eigenvalue weighted by Gasteiger charge is -2.26. The first-order valence-electron chi connectivity index (χ1n) is 9.00. The fourth-order valence-corrected chi connectivity index (χ4v) is 6.20. The number of nitrogens with zero attached hydrogens (tertiary/aromatic N) is 2. The van der Waals surface area contributed by atoms with E-state index in [9.17, 15) is 14.7 Å². The molecule has 1 fully saturated rings. The molecule has 0 saturated heterocycles. The SMILES string of the molecule is C[C@@H](Sc1nc2sc3c(c2c(=O)n1C1CCCCC1)CCC3)C(=O)[O-]. The van der Waals surface area contributed by atoms with Crippen molar-refractivity contribution in [3.8, 4) is 0 Å². The first-order chi connectivity index (χ1) is 12.1. The van der Waals surface area contributed by atoms with Gasteiger partial charge in [0.25, 0.3) is 5.56 Å². The van der Waals surface area contributed by atoms with Gasteiger partial charge in [-0.25, -0.2) is 4.98 Å². The summed E-state index contributed by atoms with van der Waals surface area (Å²) in [7, 11) is 0. The van der Waals surface area contributed by atoms with E-state index in [0.29, 0.717) is 5.16 Å². The molecule has 25 heavy (non-hydrogen) atoms. The lowest BCUT2D eigenvalue weighted by Crippen LogP contribution is -2.33. The van der Waals surface area contributed by atoms with Gasteiger partial charge in [0.2, 0.25) is 0 Å². The number of hydrogen-bond donors (Lipinski definition) is 0. The largest absolute Gasteiger partial charge is 0.549 e. The number of fused-ring (bicyclic) bond motifs is 3. The van der Waals surface area contributed by atoms with Crippen molar-refractivity contribution in [2.24, 2.45) is 0 Å². The van der Waals surface area contributed by atoms with Crippen LogP contribution in [0.25, 0.3) is 10.2 Å². The van der Waals surface area contributed by atoms with Crippen molar-refractivity contribution >= 4 is 39.3 Å². The third-order valence-corrected chi connectivity index (χ3v) is 7.52. The van der Waals surface area contributed by atoms with Gasteiger partial charge >= 0.3 is 0 Å². The predicted octanol–water partition coefficient (Wildman–Crippen LogP) is 2.68. The van der Waals surface area contributed by atoms with Gasteiger partial charge in [0.05, 0.1) is 11.4 Å². The van der Waals surface area contributed by atoms with Crippen LogP contribution in [0.2, 0.25) is 0 Å². The van der Waals surface area contributed by atoms with E-state index in [1.165, 1.54) is 16.9 Å². The number of aliphatic carboxylic acids is 1. The van der Waals surface area contributed by atoms with Crippen LogP contribution in [0, 0.1) is 0 Å². The van der Waals surface area contributed by atoms with Gasteiger partial charge < -0.3 is 9.90 Å². The number of carbonyl (C=O) groups excluding carboxylic acids is 1. The van der Waals surface area contributed by atoms with Crippen molar-refractivity contribution < 1.29 is 9.90 Å². The number of aryl methyl sites for hydroxylation is 2. The molecule has 0 aromatic carbocycles. The lowest BCUT2D eigenvalue weighted by atomic mass is 9.95. The first-order valence-corrected chi connectivity index (χ1v) is 10.7. The van der Waals surface area contributed by atoms with Crippen molar-refractivity contribution in [3.05, 3.63) is 20.8 Å². The van der Waals surface area contributed by atoms with Crippen LogP contribution >= 0.6 is 23.1 Å². The van der Waals surface area contributed by atoms with Crippen LogP contribution in [-0.2, 0) is 17.6 Å². The van der Waals surface area contributed by atoms with Gasteiger partial charge in [-0.05, 0) is 44.6 Å². The number of rotatable bonds is 4. The van der Waals surface area contributed by atoms with E-state index in [2.05, 4.69) is 0 Å². The zero-order chi connectivity index (χ0) is 17.6. The van der Waals surface area contributed by atoms with Crippen LogP contribution in [-0.4, -0.2) is 20.8 Å². The van der Waals surface area contributed by atoms with Gasteiger partial charge in [-0.15, -0.1) is 11.3 Å². The monoisotopic (exact) mass is 377 g/mol. The smallest absolute Gasteiger partial charge is 0.263 e. The van der Waals surface area contributed by atoms with Gasteiger partial charge in [-0.1, -0.05) is 31.0 Å². The van der Waals surface area contributed by atoms with E-state index in [0.717, 1.165) is 66.9 Å². The van der Waals surface area contributed by atoms with E-state index in [1.54, 1.807) is 22.8 Å². The summed E-state index contributed by atoms with van der Waals surface area (Å²) in [5, 5.41) is 11.8. The quantitative estimate of drug-likeness (QED) is 0.605. The number of carboxylic acid groups (broad SMARTS) is 1. The zero-order valence-electron chi connectivity index (χ0n) is 14.2. The molecule has 134 valence electrons. The molecule has 2 heterocycles. The molecule has 5 nitrogen and oxygen atoms in total. The Hall–Kier alpha value is -1.34. The molecular weight excluding hydrogens is 356 g/mol. The minimum absolute atomic E-state index is 0.0318. The Morgan fingerprint density at radius 3 is 2.76 bits per heavy atom. The number of thiophene rings is 1. The Morgan fingerprint density at radius 2 is 2.04 bits per heavy atom. The Bertz CT molecular complexity index is 881. The zero-order valence-corrected chi connectivity index (χ0v) is 15.9. The van der Waals surface area contributed by atoms with E-state index in [4.69, 9.17) is 4.98 Å². The minimum Gasteiger partial charge on any atom is -0.549 e. The first kappa shape index (κ1) is 17.1. The normalized spacial score (nSPS) is 19.2. The number of aromatic nitrogens is 2. The van der Waals surface area contributed by atoms with Gasteiger partial charge in [-0.3, -0.25) is 9.36 Å². The van der Waals surface area contributed by atoms with E-state index >= 15 is 0 Å². The van der Waals surface area contributed by atoms with Crippen LogP contribution in [0.5, 0.6) is 0 Å². The number of thioether (sulfide) groups is 1. The molecule has 0 unspecified atom stereocenters. The number of carbonyl (C=O) groups is 1. The predicted molar refractivity (Wildman–Crippen MR) is 98.4 cm³/mol. The highest BCUT2D eigenvalue weighted by Crippen LogP contribution is 2.38. The summed E-state index contributed by atoms with van der Waals surface area (Å²) < 4.78 is 1.80. The molecule has 2 aromatic rings. The summed E-state index contributed by atoms with van der Waals surface area (Å²) in [5.74, 6) is -1.12. The number of hydrogen-bond acceptors (Lipinski definition) is 6. The van der Waals surface area contributed by atoms with Crippen molar-refractivity contribution in [2.75, 3.05) is 0 Å². The molecule has 2 aliphatic rings.